The summed E-state index contributed by atoms with van der Waals surface area (Å²) < 4.78 is 0. The average molecular weight is 449 g/mol. The van der Waals surface area contributed by atoms with Crippen molar-refractivity contribution in [2.75, 3.05) is 13.1 Å². The van der Waals surface area contributed by atoms with Crippen molar-refractivity contribution in [3.05, 3.63) is 94.0 Å². The zero-order chi connectivity index (χ0) is 22.6. The van der Waals surface area contributed by atoms with Crippen LogP contribution >= 0.6 is 11.6 Å². The summed E-state index contributed by atoms with van der Waals surface area (Å²) in [5, 5.41) is 4.19. The van der Waals surface area contributed by atoms with Gasteiger partial charge in [-0.15, -0.1) is 0 Å². The minimum absolute atomic E-state index is 0.126. The fourth-order valence-electron chi connectivity index (χ4n) is 4.75. The minimum atomic E-state index is -0.126. The number of nitrogens with one attached hydrogen (secondary N) is 1. The van der Waals surface area contributed by atoms with E-state index in [0.717, 1.165) is 56.0 Å². The fraction of sp³-hybridized carbons (Fsp3) is 0.407. The molecule has 0 atom stereocenters. The van der Waals surface area contributed by atoms with Gasteiger partial charge in [0.2, 0.25) is 0 Å². The first-order valence-electron chi connectivity index (χ1n) is 11.5. The summed E-state index contributed by atoms with van der Waals surface area (Å²) in [6.07, 6.45) is 5.95. The smallest absolute Gasteiger partial charge is 0.0592 e. The lowest BCUT2D eigenvalue weighted by atomic mass is 9.77. The highest BCUT2D eigenvalue weighted by Gasteiger charge is 2.29. The van der Waals surface area contributed by atoms with E-state index in [4.69, 9.17) is 16.6 Å². The Morgan fingerprint density at radius 3 is 2.44 bits per heavy atom. The van der Waals surface area contributed by atoms with Gasteiger partial charge in [0.25, 0.3) is 0 Å². The number of rotatable bonds is 7. The Morgan fingerprint density at radius 1 is 1.00 bits per heavy atom. The standard InChI is InChI=1S/C27H33ClN4/c1-20-16-22(28)17-31-25(20)18-32(23-11-14-29-15-12-23)19-26-24(10-7-13-30-26)27(2,3)21-8-5-4-6-9-21/h4-10,13,16-17,23,29H,11-12,14-15,18-19H2,1-3H3. The van der Waals surface area contributed by atoms with Gasteiger partial charge in [-0.3, -0.25) is 14.9 Å². The summed E-state index contributed by atoms with van der Waals surface area (Å²) in [4.78, 5) is 12.1. The van der Waals surface area contributed by atoms with Gasteiger partial charge < -0.3 is 5.32 Å². The van der Waals surface area contributed by atoms with Crippen LogP contribution in [0.1, 0.15) is 54.8 Å². The minimum Gasteiger partial charge on any atom is -0.317 e. The first kappa shape index (κ1) is 22.9. The second-order valence-electron chi connectivity index (χ2n) is 9.29. The molecule has 4 rings (SSSR count). The molecule has 1 fully saturated rings. The fourth-order valence-corrected chi connectivity index (χ4v) is 4.96. The number of aromatic nitrogens is 2. The van der Waals surface area contributed by atoms with E-state index in [9.17, 15) is 0 Å². The molecule has 168 valence electrons. The topological polar surface area (TPSA) is 41.1 Å². The third-order valence-corrected chi connectivity index (χ3v) is 6.95. The molecule has 1 aliphatic heterocycles. The van der Waals surface area contributed by atoms with E-state index in [1.54, 1.807) is 6.20 Å². The van der Waals surface area contributed by atoms with Crippen LogP contribution in [-0.4, -0.2) is 34.0 Å². The van der Waals surface area contributed by atoms with Gasteiger partial charge in [-0.05, 0) is 61.7 Å². The Balaban J connectivity index is 1.66. The largest absolute Gasteiger partial charge is 0.317 e. The molecule has 0 amide bonds. The highest BCUT2D eigenvalue weighted by atomic mass is 35.5. The third-order valence-electron chi connectivity index (χ3n) is 6.74. The molecule has 0 spiro atoms. The van der Waals surface area contributed by atoms with Crippen LogP contribution in [0.2, 0.25) is 5.02 Å². The number of aryl methyl sites for hydroxylation is 1. The highest BCUT2D eigenvalue weighted by Crippen LogP contribution is 2.34. The van der Waals surface area contributed by atoms with Crippen LogP contribution in [0.4, 0.5) is 0 Å². The van der Waals surface area contributed by atoms with Crippen molar-refractivity contribution in [2.45, 2.75) is 58.2 Å². The van der Waals surface area contributed by atoms with E-state index in [1.165, 1.54) is 11.1 Å². The normalized spacial score (nSPS) is 15.3. The van der Waals surface area contributed by atoms with E-state index in [1.807, 2.05) is 12.3 Å². The van der Waals surface area contributed by atoms with Crippen LogP contribution in [0, 0.1) is 6.92 Å². The van der Waals surface area contributed by atoms with Crippen LogP contribution in [-0.2, 0) is 18.5 Å². The average Bonchev–Trinajstić information content (AvgIpc) is 2.81. The molecule has 4 nitrogen and oxygen atoms in total. The maximum Gasteiger partial charge on any atom is 0.0592 e. The molecule has 5 heteroatoms. The highest BCUT2D eigenvalue weighted by molar-refractivity contribution is 6.30. The first-order chi connectivity index (χ1) is 15.4. The number of pyridine rings is 2. The van der Waals surface area contributed by atoms with Gasteiger partial charge in [0.05, 0.1) is 16.4 Å². The van der Waals surface area contributed by atoms with Crippen molar-refractivity contribution in [1.82, 2.24) is 20.2 Å². The monoisotopic (exact) mass is 448 g/mol. The molecule has 1 N–H and O–H groups in total. The van der Waals surface area contributed by atoms with Gasteiger partial charge in [-0.1, -0.05) is 61.8 Å². The van der Waals surface area contributed by atoms with Crippen molar-refractivity contribution in [2.24, 2.45) is 0 Å². The van der Waals surface area contributed by atoms with Crippen molar-refractivity contribution in [1.29, 1.82) is 0 Å². The molecule has 0 bridgehead atoms. The van der Waals surface area contributed by atoms with Gasteiger partial charge >= 0.3 is 0 Å². The van der Waals surface area contributed by atoms with Crippen molar-refractivity contribution < 1.29 is 0 Å². The molecule has 0 unspecified atom stereocenters. The summed E-state index contributed by atoms with van der Waals surface area (Å²) in [6, 6.07) is 17.5. The molecule has 1 saturated heterocycles. The molecular weight excluding hydrogens is 416 g/mol. The molecule has 1 aliphatic rings. The van der Waals surface area contributed by atoms with Crippen LogP contribution < -0.4 is 5.32 Å². The molecule has 0 saturated carbocycles. The zero-order valence-corrected chi connectivity index (χ0v) is 20.1. The number of nitrogens with zero attached hydrogens (tertiary/aromatic N) is 3. The quantitative estimate of drug-likeness (QED) is 0.516. The number of hydrogen-bond donors (Lipinski definition) is 1. The molecule has 3 aromatic rings. The maximum absolute atomic E-state index is 6.17. The van der Waals surface area contributed by atoms with E-state index < -0.39 is 0 Å². The van der Waals surface area contributed by atoms with Gasteiger partial charge in [0, 0.05) is 36.9 Å². The maximum atomic E-state index is 6.17. The summed E-state index contributed by atoms with van der Waals surface area (Å²) >= 11 is 6.17. The predicted octanol–water partition coefficient (Wildman–Crippen LogP) is 5.52. The van der Waals surface area contributed by atoms with Crippen LogP contribution in [0.3, 0.4) is 0 Å². The van der Waals surface area contributed by atoms with E-state index in [-0.39, 0.29) is 5.41 Å². The van der Waals surface area contributed by atoms with Gasteiger partial charge in [-0.25, -0.2) is 0 Å². The van der Waals surface area contributed by atoms with Gasteiger partial charge in [0.1, 0.15) is 0 Å². The lowest BCUT2D eigenvalue weighted by molar-refractivity contribution is 0.141. The summed E-state index contributed by atoms with van der Waals surface area (Å²) in [7, 11) is 0. The van der Waals surface area contributed by atoms with E-state index >= 15 is 0 Å². The molecule has 0 radical (unpaired) electrons. The molecule has 32 heavy (non-hydrogen) atoms. The zero-order valence-electron chi connectivity index (χ0n) is 19.3. The van der Waals surface area contributed by atoms with Crippen LogP contribution in [0.25, 0.3) is 0 Å². The van der Waals surface area contributed by atoms with E-state index in [2.05, 4.69) is 78.4 Å². The molecule has 3 heterocycles. The third kappa shape index (κ3) is 5.20. The Morgan fingerprint density at radius 2 is 1.72 bits per heavy atom. The van der Waals surface area contributed by atoms with E-state index in [0.29, 0.717) is 11.1 Å². The Labute approximate surface area is 197 Å². The van der Waals surface area contributed by atoms with Crippen LogP contribution in [0.15, 0.2) is 60.9 Å². The molecule has 1 aromatic carbocycles. The van der Waals surface area contributed by atoms with Crippen LogP contribution in [0.5, 0.6) is 0 Å². The SMILES string of the molecule is Cc1cc(Cl)cnc1CN(Cc1ncccc1C(C)(C)c1ccccc1)C1CCNCC1. The number of benzene rings is 1. The van der Waals surface area contributed by atoms with Gasteiger partial charge in [-0.2, -0.15) is 0 Å². The van der Waals surface area contributed by atoms with Crippen molar-refractivity contribution >= 4 is 11.6 Å². The Hall–Kier alpha value is -2.27. The Kier molecular flexibility index (Phi) is 7.24. The van der Waals surface area contributed by atoms with Gasteiger partial charge in [0.15, 0.2) is 0 Å². The second kappa shape index (κ2) is 10.1. The summed E-state index contributed by atoms with van der Waals surface area (Å²) in [6.45, 7) is 10.4. The number of piperidine rings is 1. The molecular formula is C27H33ClN4. The lowest BCUT2D eigenvalue weighted by Crippen LogP contribution is -2.43. The summed E-state index contributed by atoms with van der Waals surface area (Å²) in [5.41, 5.74) is 5.84. The first-order valence-corrected chi connectivity index (χ1v) is 11.9. The summed E-state index contributed by atoms with van der Waals surface area (Å²) in [5.74, 6) is 0. The lowest BCUT2D eigenvalue weighted by Gasteiger charge is -2.36. The number of halogens is 1. The molecule has 2 aromatic heterocycles. The molecule has 0 aliphatic carbocycles. The van der Waals surface area contributed by atoms with Crippen molar-refractivity contribution in [3.8, 4) is 0 Å². The second-order valence-corrected chi connectivity index (χ2v) is 9.73. The predicted molar refractivity (Wildman–Crippen MR) is 132 cm³/mol. The van der Waals surface area contributed by atoms with Crippen molar-refractivity contribution in [3.63, 3.8) is 0 Å². The Bertz CT molecular complexity index is 1030. The number of hydrogen-bond acceptors (Lipinski definition) is 4.